The molecule has 1 rings (SSSR count). The molecule has 16 heavy (non-hydrogen) atoms. The molecule has 1 saturated heterocycles. The summed E-state index contributed by atoms with van der Waals surface area (Å²) >= 11 is 0. The van der Waals surface area contributed by atoms with Crippen LogP contribution in [0.2, 0.25) is 38.3 Å². The molecule has 0 N–H and O–H groups in total. The molecule has 0 atom stereocenters. The number of nitrogens with zero attached hydrogens (tertiary/aromatic N) is 1. The van der Waals surface area contributed by atoms with Crippen molar-refractivity contribution < 1.29 is 28.7 Å². The standard InChI is InChI=1S/C10H23NO2Si2.Li/c1-6-13-10(12)9-11-14(2,3)7-8-15(11,4)5;/h9,12H,6-8H2,1-5H3;/q;+1/p-1/b10-9-;. The van der Waals surface area contributed by atoms with Crippen molar-refractivity contribution in [2.75, 3.05) is 6.61 Å². The van der Waals surface area contributed by atoms with E-state index >= 15 is 0 Å². The Morgan fingerprint density at radius 1 is 1.25 bits per heavy atom. The van der Waals surface area contributed by atoms with Crippen molar-refractivity contribution in [3.63, 3.8) is 0 Å². The van der Waals surface area contributed by atoms with E-state index in [9.17, 15) is 5.11 Å². The van der Waals surface area contributed by atoms with Gasteiger partial charge in [0.1, 0.15) is 16.5 Å². The van der Waals surface area contributed by atoms with E-state index in [0.29, 0.717) is 6.61 Å². The van der Waals surface area contributed by atoms with Crippen molar-refractivity contribution in [2.24, 2.45) is 0 Å². The molecule has 0 aliphatic carbocycles. The minimum Gasteiger partial charge on any atom is -0.613 e. The second-order valence-electron chi connectivity index (χ2n) is 5.38. The van der Waals surface area contributed by atoms with Crippen LogP contribution in [0.1, 0.15) is 6.92 Å². The fourth-order valence-electron chi connectivity index (χ4n) is 2.31. The summed E-state index contributed by atoms with van der Waals surface area (Å²) < 4.78 is 7.41. The monoisotopic (exact) mass is 251 g/mol. The van der Waals surface area contributed by atoms with Crippen LogP contribution in [0.5, 0.6) is 0 Å². The third kappa shape index (κ3) is 3.59. The second kappa shape index (κ2) is 5.67. The van der Waals surface area contributed by atoms with Gasteiger partial charge >= 0.3 is 18.9 Å². The van der Waals surface area contributed by atoms with Crippen molar-refractivity contribution in [1.29, 1.82) is 0 Å². The zero-order chi connectivity index (χ0) is 11.7. The predicted molar refractivity (Wildman–Crippen MR) is 66.1 cm³/mol. The molecular weight excluding hydrogens is 229 g/mol. The van der Waals surface area contributed by atoms with Crippen LogP contribution >= 0.6 is 0 Å². The zero-order valence-electron chi connectivity index (χ0n) is 11.5. The molecule has 0 radical (unpaired) electrons. The zero-order valence-corrected chi connectivity index (χ0v) is 13.5. The Labute approximate surface area is 113 Å². The molecule has 0 aromatic heterocycles. The Morgan fingerprint density at radius 3 is 2.06 bits per heavy atom. The van der Waals surface area contributed by atoms with E-state index < -0.39 is 16.5 Å². The van der Waals surface area contributed by atoms with E-state index in [4.69, 9.17) is 4.74 Å². The van der Waals surface area contributed by atoms with E-state index in [2.05, 4.69) is 30.4 Å². The summed E-state index contributed by atoms with van der Waals surface area (Å²) in [6.45, 7) is 11.7. The molecule has 6 heteroatoms. The van der Waals surface area contributed by atoms with Gasteiger partial charge in [-0.1, -0.05) is 33.1 Å². The average molecular weight is 251 g/mol. The number of hydrogen-bond acceptors (Lipinski definition) is 3. The quantitative estimate of drug-likeness (QED) is 0.472. The van der Waals surface area contributed by atoms with Crippen LogP contribution in [0, 0.1) is 0 Å². The molecule has 88 valence electrons. The van der Waals surface area contributed by atoms with E-state index in [1.165, 1.54) is 12.1 Å². The van der Waals surface area contributed by atoms with Gasteiger partial charge in [-0.3, -0.25) is 0 Å². The van der Waals surface area contributed by atoms with Gasteiger partial charge in [-0.2, -0.15) is 0 Å². The fraction of sp³-hybridized carbons (Fsp3) is 0.800. The summed E-state index contributed by atoms with van der Waals surface area (Å²) in [6, 6.07) is 2.62. The SMILES string of the molecule is CCO/C([O-])=C\N1[Si](C)(C)CC[Si]1(C)C.[Li+]. The van der Waals surface area contributed by atoms with Crippen molar-refractivity contribution in [3.05, 3.63) is 12.1 Å². The minimum absolute atomic E-state index is 0. The van der Waals surface area contributed by atoms with Gasteiger partial charge in [0.15, 0.2) is 0 Å². The topological polar surface area (TPSA) is 35.5 Å². The van der Waals surface area contributed by atoms with E-state index in [1.54, 1.807) is 6.20 Å². The van der Waals surface area contributed by atoms with Crippen LogP contribution in [0.4, 0.5) is 0 Å². The predicted octanol–water partition coefficient (Wildman–Crippen LogP) is -1.09. The third-order valence-corrected chi connectivity index (χ3v) is 13.1. The van der Waals surface area contributed by atoms with Gasteiger partial charge < -0.3 is 14.1 Å². The van der Waals surface area contributed by atoms with Crippen LogP contribution in [-0.2, 0) is 4.74 Å². The normalized spacial score (nSPS) is 22.8. The van der Waals surface area contributed by atoms with Crippen LogP contribution in [0.15, 0.2) is 12.1 Å². The van der Waals surface area contributed by atoms with Gasteiger partial charge in [-0.05, 0) is 18.7 Å². The van der Waals surface area contributed by atoms with E-state index in [-0.39, 0.29) is 24.8 Å². The second-order valence-corrected chi connectivity index (χ2v) is 15.0. The van der Waals surface area contributed by atoms with Crippen LogP contribution in [-0.4, -0.2) is 27.3 Å². The Balaban J connectivity index is 0.00000225. The average Bonchev–Trinajstić information content (AvgIpc) is 2.29. The van der Waals surface area contributed by atoms with Gasteiger partial charge in [0, 0.05) is 6.20 Å². The summed E-state index contributed by atoms with van der Waals surface area (Å²) in [5, 5.41) is 11.5. The van der Waals surface area contributed by atoms with E-state index in [0.717, 1.165) is 0 Å². The molecule has 0 amide bonds. The molecule has 1 aliphatic heterocycles. The first-order valence-corrected chi connectivity index (χ1v) is 11.9. The molecule has 1 aliphatic rings. The van der Waals surface area contributed by atoms with Gasteiger partial charge in [0.2, 0.25) is 0 Å². The number of ether oxygens (including phenoxy) is 1. The first-order chi connectivity index (χ1) is 6.79. The Hall–Kier alpha value is 0.171. The summed E-state index contributed by atoms with van der Waals surface area (Å²) in [5.41, 5.74) is 0. The first kappa shape index (κ1) is 16.2. The largest absolute Gasteiger partial charge is 1.00 e. The number of hydrogen-bond donors (Lipinski definition) is 0. The summed E-state index contributed by atoms with van der Waals surface area (Å²) in [7, 11) is -2.72. The van der Waals surface area contributed by atoms with Crippen LogP contribution < -0.4 is 24.0 Å². The maximum atomic E-state index is 11.5. The molecule has 0 bridgehead atoms. The Kier molecular flexibility index (Phi) is 5.74. The molecule has 0 spiro atoms. The smallest absolute Gasteiger partial charge is 0.613 e. The van der Waals surface area contributed by atoms with Crippen molar-refractivity contribution in [2.45, 2.75) is 45.2 Å². The van der Waals surface area contributed by atoms with Gasteiger partial charge in [0.05, 0.1) is 5.95 Å². The van der Waals surface area contributed by atoms with Crippen molar-refractivity contribution >= 4 is 16.5 Å². The summed E-state index contributed by atoms with van der Waals surface area (Å²) in [5.74, 6) is -0.166. The van der Waals surface area contributed by atoms with Crippen LogP contribution in [0.3, 0.4) is 0 Å². The molecular formula is C10H22LiNO2Si2. The van der Waals surface area contributed by atoms with Crippen LogP contribution in [0.25, 0.3) is 0 Å². The first-order valence-electron chi connectivity index (χ1n) is 5.61. The Morgan fingerprint density at radius 2 is 1.69 bits per heavy atom. The maximum absolute atomic E-state index is 11.5. The van der Waals surface area contributed by atoms with Crippen molar-refractivity contribution in [1.82, 2.24) is 4.23 Å². The summed E-state index contributed by atoms with van der Waals surface area (Å²) in [4.78, 5) is 0. The molecule has 3 nitrogen and oxygen atoms in total. The molecule has 1 heterocycles. The molecule has 0 unspecified atom stereocenters. The molecule has 0 saturated carbocycles. The van der Waals surface area contributed by atoms with Gasteiger partial charge in [-0.25, -0.2) is 0 Å². The van der Waals surface area contributed by atoms with Crippen molar-refractivity contribution in [3.8, 4) is 0 Å². The Bertz CT molecular complexity index is 254. The molecule has 0 aromatic rings. The fourth-order valence-corrected chi connectivity index (χ4v) is 15.8. The van der Waals surface area contributed by atoms with Gasteiger partial charge in [-0.15, -0.1) is 0 Å². The number of rotatable bonds is 3. The van der Waals surface area contributed by atoms with Gasteiger partial charge in [0.25, 0.3) is 0 Å². The third-order valence-electron chi connectivity index (χ3n) is 3.17. The molecule has 1 fully saturated rings. The molecule has 0 aromatic carbocycles. The van der Waals surface area contributed by atoms with E-state index in [1.807, 2.05) is 6.92 Å². The minimum atomic E-state index is -1.36. The maximum Gasteiger partial charge on any atom is 1.00 e. The summed E-state index contributed by atoms with van der Waals surface area (Å²) in [6.07, 6.45) is 1.74.